The minimum Gasteiger partial charge on any atom is -0.338 e. The zero-order valence-corrected chi connectivity index (χ0v) is 10.8. The van der Waals surface area contributed by atoms with Crippen LogP contribution in [0.1, 0.15) is 52.4 Å². The summed E-state index contributed by atoms with van der Waals surface area (Å²) in [5.74, 6) is 0.271. The van der Waals surface area contributed by atoms with Crippen molar-refractivity contribution in [2.75, 3.05) is 19.6 Å². The van der Waals surface area contributed by atoms with Crippen molar-refractivity contribution in [2.45, 2.75) is 58.4 Å². The van der Waals surface area contributed by atoms with Crippen LogP contribution < -0.4 is 5.32 Å². The van der Waals surface area contributed by atoms with Crippen molar-refractivity contribution in [3.8, 4) is 0 Å². The third-order valence-corrected chi connectivity index (χ3v) is 3.38. The van der Waals surface area contributed by atoms with Crippen molar-refractivity contribution in [1.82, 2.24) is 10.2 Å². The topological polar surface area (TPSA) is 32.3 Å². The second-order valence-electron chi connectivity index (χ2n) is 4.82. The first-order valence-electron chi connectivity index (χ1n) is 6.76. The van der Waals surface area contributed by atoms with Gasteiger partial charge in [0, 0.05) is 19.1 Å². The lowest BCUT2D eigenvalue weighted by molar-refractivity contribution is -0.134. The Balaban J connectivity index is 2.13. The second kappa shape index (κ2) is 7.66. The number of rotatable bonds is 7. The van der Waals surface area contributed by atoms with Crippen molar-refractivity contribution < 1.29 is 4.79 Å². The van der Waals surface area contributed by atoms with Crippen LogP contribution in [0.2, 0.25) is 0 Å². The van der Waals surface area contributed by atoms with Gasteiger partial charge in [-0.15, -0.1) is 0 Å². The summed E-state index contributed by atoms with van der Waals surface area (Å²) in [6, 6.07) is 0.427. The summed E-state index contributed by atoms with van der Waals surface area (Å²) >= 11 is 0. The summed E-state index contributed by atoms with van der Waals surface area (Å²) in [7, 11) is 0. The van der Waals surface area contributed by atoms with Gasteiger partial charge in [-0.25, -0.2) is 0 Å². The van der Waals surface area contributed by atoms with E-state index in [0.29, 0.717) is 12.6 Å². The molecule has 0 aromatic rings. The molecule has 1 saturated heterocycles. The monoisotopic (exact) mass is 226 g/mol. The van der Waals surface area contributed by atoms with Crippen molar-refractivity contribution in [3.63, 3.8) is 0 Å². The molecule has 0 bridgehead atoms. The van der Waals surface area contributed by atoms with E-state index in [9.17, 15) is 4.79 Å². The molecular weight excluding hydrogens is 200 g/mol. The SMILES string of the molecule is CCCCCCCC(C)N1CCNCC1=O. The van der Waals surface area contributed by atoms with Gasteiger partial charge in [0.25, 0.3) is 0 Å². The van der Waals surface area contributed by atoms with Crippen molar-refractivity contribution >= 4 is 5.91 Å². The fourth-order valence-corrected chi connectivity index (χ4v) is 2.29. The maximum atomic E-state index is 11.6. The molecule has 0 aliphatic carbocycles. The highest BCUT2D eigenvalue weighted by molar-refractivity contribution is 5.79. The average molecular weight is 226 g/mol. The van der Waals surface area contributed by atoms with Crippen LogP contribution in [0.15, 0.2) is 0 Å². The Morgan fingerprint density at radius 2 is 2.06 bits per heavy atom. The van der Waals surface area contributed by atoms with E-state index >= 15 is 0 Å². The molecule has 1 heterocycles. The lowest BCUT2D eigenvalue weighted by Crippen LogP contribution is -2.51. The van der Waals surface area contributed by atoms with E-state index in [1.165, 1.54) is 32.1 Å². The van der Waals surface area contributed by atoms with E-state index < -0.39 is 0 Å². The molecule has 0 saturated carbocycles. The van der Waals surface area contributed by atoms with Crippen molar-refractivity contribution in [3.05, 3.63) is 0 Å². The van der Waals surface area contributed by atoms with Gasteiger partial charge in [-0.1, -0.05) is 39.0 Å². The number of piperazine rings is 1. The summed E-state index contributed by atoms with van der Waals surface area (Å²) in [4.78, 5) is 13.7. The third-order valence-electron chi connectivity index (χ3n) is 3.38. The second-order valence-corrected chi connectivity index (χ2v) is 4.82. The first-order chi connectivity index (χ1) is 7.75. The van der Waals surface area contributed by atoms with Crippen LogP contribution >= 0.6 is 0 Å². The Morgan fingerprint density at radius 1 is 1.31 bits per heavy atom. The maximum absolute atomic E-state index is 11.6. The van der Waals surface area contributed by atoms with E-state index in [1.54, 1.807) is 0 Å². The number of carbonyl (C=O) groups excluding carboxylic acids is 1. The Morgan fingerprint density at radius 3 is 2.75 bits per heavy atom. The minimum absolute atomic E-state index is 0.271. The third kappa shape index (κ3) is 4.52. The molecule has 94 valence electrons. The highest BCUT2D eigenvalue weighted by Gasteiger charge is 2.21. The fourth-order valence-electron chi connectivity index (χ4n) is 2.29. The lowest BCUT2D eigenvalue weighted by Gasteiger charge is -2.33. The normalized spacial score (nSPS) is 18.9. The molecule has 3 nitrogen and oxygen atoms in total. The standard InChI is InChI=1S/C13H26N2O/c1-3-4-5-6-7-8-12(2)15-10-9-14-11-13(15)16/h12,14H,3-11H2,1-2H3. The highest BCUT2D eigenvalue weighted by Crippen LogP contribution is 2.12. The Kier molecular flexibility index (Phi) is 6.46. The smallest absolute Gasteiger partial charge is 0.236 e. The predicted molar refractivity (Wildman–Crippen MR) is 67.4 cm³/mol. The van der Waals surface area contributed by atoms with E-state index in [0.717, 1.165) is 19.5 Å². The Bertz CT molecular complexity index is 206. The molecule has 3 heteroatoms. The zero-order valence-electron chi connectivity index (χ0n) is 10.8. The van der Waals surface area contributed by atoms with Gasteiger partial charge in [0.1, 0.15) is 0 Å². The number of amides is 1. The lowest BCUT2D eigenvalue weighted by atomic mass is 10.1. The van der Waals surface area contributed by atoms with E-state index in [4.69, 9.17) is 0 Å². The van der Waals surface area contributed by atoms with Gasteiger partial charge in [0.2, 0.25) is 5.91 Å². The molecule has 0 spiro atoms. The minimum atomic E-state index is 0.271. The summed E-state index contributed by atoms with van der Waals surface area (Å²) in [6.45, 7) is 6.78. The summed E-state index contributed by atoms with van der Waals surface area (Å²) < 4.78 is 0. The van der Waals surface area contributed by atoms with Crippen LogP contribution in [0, 0.1) is 0 Å². The van der Waals surface area contributed by atoms with Gasteiger partial charge in [-0.3, -0.25) is 4.79 Å². The zero-order chi connectivity index (χ0) is 11.8. The number of hydrogen-bond acceptors (Lipinski definition) is 2. The number of nitrogens with zero attached hydrogens (tertiary/aromatic N) is 1. The molecule has 1 amide bonds. The Labute approximate surface area is 99.6 Å². The molecule has 0 aromatic carbocycles. The van der Waals surface area contributed by atoms with Crippen LogP contribution in [0.25, 0.3) is 0 Å². The molecule has 1 rings (SSSR count). The van der Waals surface area contributed by atoms with E-state index in [1.807, 2.05) is 4.90 Å². The van der Waals surface area contributed by atoms with Crippen LogP contribution in [0.3, 0.4) is 0 Å². The number of unbranched alkanes of at least 4 members (excludes halogenated alkanes) is 4. The van der Waals surface area contributed by atoms with Gasteiger partial charge in [-0.2, -0.15) is 0 Å². The molecule has 1 unspecified atom stereocenters. The van der Waals surface area contributed by atoms with E-state index in [2.05, 4.69) is 19.2 Å². The van der Waals surface area contributed by atoms with Gasteiger partial charge < -0.3 is 10.2 Å². The number of nitrogens with one attached hydrogen (secondary N) is 1. The van der Waals surface area contributed by atoms with E-state index in [-0.39, 0.29) is 5.91 Å². The van der Waals surface area contributed by atoms with Gasteiger partial charge in [0.15, 0.2) is 0 Å². The predicted octanol–water partition coefficient (Wildman–Crippen LogP) is 2.17. The molecule has 1 aliphatic heterocycles. The molecule has 16 heavy (non-hydrogen) atoms. The fraction of sp³-hybridized carbons (Fsp3) is 0.923. The molecule has 1 atom stereocenters. The summed E-state index contributed by atoms with van der Waals surface area (Å²) in [5, 5.41) is 3.11. The highest BCUT2D eigenvalue weighted by atomic mass is 16.2. The summed E-state index contributed by atoms with van der Waals surface area (Å²) in [6.07, 6.45) is 7.73. The molecule has 1 aliphatic rings. The largest absolute Gasteiger partial charge is 0.338 e. The molecule has 1 N–H and O–H groups in total. The first-order valence-corrected chi connectivity index (χ1v) is 6.76. The van der Waals surface area contributed by atoms with Crippen LogP contribution in [-0.2, 0) is 4.79 Å². The van der Waals surface area contributed by atoms with Gasteiger partial charge in [0.05, 0.1) is 6.54 Å². The van der Waals surface area contributed by atoms with Crippen LogP contribution in [0.5, 0.6) is 0 Å². The van der Waals surface area contributed by atoms with Crippen LogP contribution in [0.4, 0.5) is 0 Å². The average Bonchev–Trinajstić information content (AvgIpc) is 2.29. The van der Waals surface area contributed by atoms with Crippen LogP contribution in [-0.4, -0.2) is 36.5 Å². The summed E-state index contributed by atoms with van der Waals surface area (Å²) in [5.41, 5.74) is 0. The Hall–Kier alpha value is -0.570. The molecular formula is C13H26N2O. The molecule has 1 fully saturated rings. The quantitative estimate of drug-likeness (QED) is 0.675. The first kappa shape index (κ1) is 13.5. The number of carbonyl (C=O) groups is 1. The van der Waals surface area contributed by atoms with Gasteiger partial charge >= 0.3 is 0 Å². The number of hydrogen-bond donors (Lipinski definition) is 1. The van der Waals surface area contributed by atoms with Crippen molar-refractivity contribution in [2.24, 2.45) is 0 Å². The maximum Gasteiger partial charge on any atom is 0.236 e. The van der Waals surface area contributed by atoms with Crippen molar-refractivity contribution in [1.29, 1.82) is 0 Å². The van der Waals surface area contributed by atoms with Gasteiger partial charge in [-0.05, 0) is 13.3 Å². The molecule has 0 aromatic heterocycles. The molecule has 0 radical (unpaired) electrons.